The van der Waals surface area contributed by atoms with Gasteiger partial charge in [0.15, 0.2) is 23.1 Å². The van der Waals surface area contributed by atoms with Gasteiger partial charge in [0.2, 0.25) is 0 Å². The van der Waals surface area contributed by atoms with Crippen molar-refractivity contribution >= 4 is 5.78 Å². The molecule has 2 aromatic carbocycles. The fourth-order valence-electron chi connectivity index (χ4n) is 4.96. The summed E-state index contributed by atoms with van der Waals surface area (Å²) < 4.78 is 32.4. The van der Waals surface area contributed by atoms with Gasteiger partial charge < -0.3 is 19.3 Å². The lowest BCUT2D eigenvalue weighted by atomic mass is 9.86. The number of Topliss-reactive ketones (excluding diaryl/α,β-unsaturated/α-hetero) is 1. The first-order valence-electron chi connectivity index (χ1n) is 13.4. The van der Waals surface area contributed by atoms with Gasteiger partial charge in [-0.25, -0.2) is 14.4 Å². The SMILES string of the molecule is COc1cc(C(=O)CCC(O)(c2ccc(OC)c(-c3ccc(F)c(C)c3)n2)C2CC2)ccc1OCc1ncnn1C. The molecular formula is C31H33FN4O5. The Morgan fingerprint density at radius 3 is 2.49 bits per heavy atom. The van der Waals surface area contributed by atoms with Crippen LogP contribution >= 0.6 is 0 Å². The second-order valence-corrected chi connectivity index (χ2v) is 10.3. The van der Waals surface area contributed by atoms with Crippen molar-refractivity contribution in [1.82, 2.24) is 19.7 Å². The van der Waals surface area contributed by atoms with E-state index in [9.17, 15) is 14.3 Å². The molecule has 5 rings (SSSR count). The largest absolute Gasteiger partial charge is 0.494 e. The van der Waals surface area contributed by atoms with E-state index in [2.05, 4.69) is 10.1 Å². The van der Waals surface area contributed by atoms with Gasteiger partial charge in [0.25, 0.3) is 0 Å². The average molecular weight is 561 g/mol. The van der Waals surface area contributed by atoms with Crippen molar-refractivity contribution in [2.45, 2.75) is 44.8 Å². The number of halogens is 1. The number of pyridine rings is 1. The van der Waals surface area contributed by atoms with Gasteiger partial charge in [-0.2, -0.15) is 5.10 Å². The van der Waals surface area contributed by atoms with Crippen LogP contribution in [0.2, 0.25) is 0 Å². The van der Waals surface area contributed by atoms with E-state index in [1.807, 2.05) is 0 Å². The van der Waals surface area contributed by atoms with Gasteiger partial charge in [0.1, 0.15) is 35.8 Å². The van der Waals surface area contributed by atoms with Crippen LogP contribution in [0.4, 0.5) is 4.39 Å². The summed E-state index contributed by atoms with van der Waals surface area (Å²) in [5.41, 5.74) is 1.31. The molecule has 1 unspecified atom stereocenters. The third-order valence-corrected chi connectivity index (χ3v) is 7.59. The Bertz CT molecular complexity index is 1570. The van der Waals surface area contributed by atoms with Crippen LogP contribution in [0, 0.1) is 18.7 Å². The minimum Gasteiger partial charge on any atom is -0.494 e. The number of hydrogen-bond donors (Lipinski definition) is 1. The van der Waals surface area contributed by atoms with E-state index in [1.165, 1.54) is 19.5 Å². The van der Waals surface area contributed by atoms with E-state index in [0.717, 1.165) is 12.8 Å². The van der Waals surface area contributed by atoms with Crippen molar-refractivity contribution in [2.75, 3.05) is 14.2 Å². The highest BCUT2D eigenvalue weighted by Crippen LogP contribution is 2.49. The number of carbonyl (C=O) groups is 1. The molecule has 214 valence electrons. The number of methoxy groups -OCH3 is 2. The molecule has 9 nitrogen and oxygen atoms in total. The smallest absolute Gasteiger partial charge is 0.164 e. The second-order valence-electron chi connectivity index (χ2n) is 10.3. The lowest BCUT2D eigenvalue weighted by molar-refractivity contribution is -0.00110. The second kappa shape index (κ2) is 11.7. The maximum atomic E-state index is 13.9. The zero-order valence-corrected chi connectivity index (χ0v) is 23.6. The van der Waals surface area contributed by atoms with Crippen LogP contribution in [0.1, 0.15) is 53.1 Å². The monoisotopic (exact) mass is 560 g/mol. The number of hydrogen-bond acceptors (Lipinski definition) is 8. The van der Waals surface area contributed by atoms with E-state index in [4.69, 9.17) is 19.2 Å². The van der Waals surface area contributed by atoms with Crippen molar-refractivity contribution in [1.29, 1.82) is 0 Å². The third-order valence-electron chi connectivity index (χ3n) is 7.59. The van der Waals surface area contributed by atoms with Gasteiger partial charge in [-0.05, 0) is 86.2 Å². The first-order valence-corrected chi connectivity index (χ1v) is 13.4. The Balaban J connectivity index is 1.35. The van der Waals surface area contributed by atoms with Gasteiger partial charge in [-0.15, -0.1) is 0 Å². The molecule has 0 radical (unpaired) electrons. The van der Waals surface area contributed by atoms with Crippen LogP contribution in [-0.4, -0.2) is 44.9 Å². The Morgan fingerprint density at radius 2 is 1.83 bits per heavy atom. The summed E-state index contributed by atoms with van der Waals surface area (Å²) in [5.74, 6) is 1.62. The topological polar surface area (TPSA) is 109 Å². The fraction of sp³-hybridized carbons (Fsp3) is 0.355. The Morgan fingerprint density at radius 1 is 1.07 bits per heavy atom. The van der Waals surface area contributed by atoms with E-state index in [-0.39, 0.29) is 37.0 Å². The fourth-order valence-corrected chi connectivity index (χ4v) is 4.96. The van der Waals surface area contributed by atoms with Crippen LogP contribution in [0.3, 0.4) is 0 Å². The minimum atomic E-state index is -1.30. The molecule has 1 aliphatic carbocycles. The molecule has 1 aliphatic rings. The van der Waals surface area contributed by atoms with E-state index < -0.39 is 5.60 Å². The Labute approximate surface area is 237 Å². The molecule has 10 heteroatoms. The molecule has 1 fully saturated rings. The number of aryl methyl sites for hydroxylation is 2. The maximum absolute atomic E-state index is 13.9. The van der Waals surface area contributed by atoms with Crippen molar-refractivity contribution in [3.8, 4) is 28.5 Å². The number of aromatic nitrogens is 4. The molecule has 41 heavy (non-hydrogen) atoms. The molecule has 0 bridgehead atoms. The summed E-state index contributed by atoms with van der Waals surface area (Å²) in [6.07, 6.45) is 3.44. The van der Waals surface area contributed by atoms with Crippen LogP contribution in [0.5, 0.6) is 17.2 Å². The standard InChI is InChI=1S/C31H33FN4O5/c1-19-15-21(5-9-23(19)32)30-26(39-3)11-12-28(35-30)31(38,22-7-8-22)14-13-24(37)20-6-10-25(27(16-20)40-4)41-17-29-33-18-34-36(29)2/h5-6,9-12,15-16,18,22,38H,7-8,13-14,17H2,1-4H3. The first kappa shape index (κ1) is 28.2. The first-order chi connectivity index (χ1) is 19.7. The molecule has 2 heterocycles. The normalized spacial score (nSPS) is 14.4. The highest BCUT2D eigenvalue weighted by Gasteiger charge is 2.46. The summed E-state index contributed by atoms with van der Waals surface area (Å²) in [6.45, 7) is 1.88. The van der Waals surface area contributed by atoms with E-state index >= 15 is 0 Å². The zero-order chi connectivity index (χ0) is 29.1. The van der Waals surface area contributed by atoms with Gasteiger partial charge in [-0.1, -0.05) is 0 Å². The highest BCUT2D eigenvalue weighted by molar-refractivity contribution is 5.96. The third kappa shape index (κ3) is 5.92. The van der Waals surface area contributed by atoms with Crippen LogP contribution < -0.4 is 14.2 Å². The average Bonchev–Trinajstić information content (AvgIpc) is 3.77. The molecular weight excluding hydrogens is 527 g/mol. The number of aliphatic hydroxyl groups is 1. The number of ether oxygens (including phenoxy) is 3. The number of nitrogens with zero attached hydrogens (tertiary/aromatic N) is 4. The number of ketones is 1. The van der Waals surface area contributed by atoms with E-state index in [1.54, 1.807) is 68.2 Å². The molecule has 1 atom stereocenters. The molecule has 0 aliphatic heterocycles. The predicted molar refractivity (Wildman–Crippen MR) is 149 cm³/mol. The molecule has 1 saturated carbocycles. The van der Waals surface area contributed by atoms with Crippen molar-refractivity contribution in [3.05, 3.63) is 83.3 Å². The van der Waals surface area contributed by atoms with Crippen LogP contribution in [-0.2, 0) is 19.3 Å². The van der Waals surface area contributed by atoms with Gasteiger partial charge in [-0.3, -0.25) is 9.48 Å². The number of carbonyl (C=O) groups excluding carboxylic acids is 1. The zero-order valence-electron chi connectivity index (χ0n) is 23.6. The van der Waals surface area contributed by atoms with Crippen LogP contribution in [0.15, 0.2) is 54.9 Å². The molecule has 0 amide bonds. The Kier molecular flexibility index (Phi) is 8.03. The summed E-state index contributed by atoms with van der Waals surface area (Å²) in [6, 6.07) is 13.3. The molecule has 1 N–H and O–H groups in total. The minimum absolute atomic E-state index is 0.00933. The lowest BCUT2D eigenvalue weighted by Crippen LogP contribution is -2.30. The Hall–Kier alpha value is -4.31. The van der Waals surface area contributed by atoms with Gasteiger partial charge in [0, 0.05) is 24.6 Å². The molecule has 2 aromatic heterocycles. The molecule has 4 aromatic rings. The van der Waals surface area contributed by atoms with Gasteiger partial charge >= 0.3 is 0 Å². The van der Waals surface area contributed by atoms with E-state index in [0.29, 0.717) is 51.2 Å². The quantitative estimate of drug-likeness (QED) is 0.236. The van der Waals surface area contributed by atoms with Gasteiger partial charge in [0.05, 0.1) is 19.9 Å². The number of rotatable bonds is 12. The molecule has 0 saturated heterocycles. The number of benzene rings is 2. The highest BCUT2D eigenvalue weighted by atomic mass is 19.1. The predicted octanol–water partition coefficient (Wildman–Crippen LogP) is 5.18. The van der Waals surface area contributed by atoms with Crippen molar-refractivity contribution in [2.24, 2.45) is 13.0 Å². The van der Waals surface area contributed by atoms with Crippen molar-refractivity contribution < 1.29 is 28.5 Å². The lowest BCUT2D eigenvalue weighted by Gasteiger charge is -2.28. The molecule has 0 spiro atoms. The summed E-state index contributed by atoms with van der Waals surface area (Å²) in [4.78, 5) is 22.2. The summed E-state index contributed by atoms with van der Waals surface area (Å²) >= 11 is 0. The summed E-state index contributed by atoms with van der Waals surface area (Å²) in [5, 5.41) is 15.9. The van der Waals surface area contributed by atoms with Crippen LogP contribution in [0.25, 0.3) is 11.3 Å². The maximum Gasteiger partial charge on any atom is 0.164 e. The van der Waals surface area contributed by atoms with Crippen molar-refractivity contribution in [3.63, 3.8) is 0 Å². The summed E-state index contributed by atoms with van der Waals surface area (Å²) in [7, 11) is 4.84.